The Hall–Kier alpha value is -0.610. The second-order valence-electron chi connectivity index (χ2n) is 5.13. The van der Waals surface area contributed by atoms with Crippen LogP contribution in [0.25, 0.3) is 0 Å². The molecule has 0 aromatic heterocycles. The highest BCUT2D eigenvalue weighted by Crippen LogP contribution is 2.20. The highest BCUT2D eigenvalue weighted by Gasteiger charge is 2.18. The minimum Gasteiger partial charge on any atom is -0.396 e. The van der Waals surface area contributed by atoms with Gasteiger partial charge in [-0.2, -0.15) is 0 Å². The van der Waals surface area contributed by atoms with Crippen LogP contribution < -0.4 is 5.32 Å². The molecule has 0 unspecified atom stereocenters. The predicted molar refractivity (Wildman–Crippen MR) is 64.2 cm³/mol. The zero-order valence-electron chi connectivity index (χ0n) is 10.9. The number of ether oxygens (including phenoxy) is 1. The Bertz CT molecular complexity index is 202. The van der Waals surface area contributed by atoms with Crippen LogP contribution in [0.3, 0.4) is 0 Å². The van der Waals surface area contributed by atoms with Gasteiger partial charge in [0.2, 0.25) is 5.91 Å². The normalized spacial score (nSPS) is 11.9. The molecule has 0 spiro atoms. The third kappa shape index (κ3) is 8.68. The van der Waals surface area contributed by atoms with Gasteiger partial charge in [0.25, 0.3) is 0 Å². The second kappa shape index (κ2) is 7.63. The van der Waals surface area contributed by atoms with Crippen molar-refractivity contribution in [3.8, 4) is 0 Å². The van der Waals surface area contributed by atoms with E-state index in [1.807, 2.05) is 13.8 Å². The van der Waals surface area contributed by atoms with Gasteiger partial charge in [0, 0.05) is 13.2 Å². The van der Waals surface area contributed by atoms with E-state index in [0.29, 0.717) is 6.54 Å². The molecule has 2 N–H and O–H groups in total. The average Bonchev–Trinajstić information content (AvgIpc) is 2.21. The molecule has 0 aliphatic heterocycles. The number of amides is 1. The van der Waals surface area contributed by atoms with E-state index >= 15 is 0 Å². The fourth-order valence-corrected chi connectivity index (χ4v) is 1.28. The van der Waals surface area contributed by atoms with Crippen LogP contribution in [-0.2, 0) is 9.53 Å². The molecule has 0 saturated carbocycles. The van der Waals surface area contributed by atoms with Crippen LogP contribution in [0.2, 0.25) is 0 Å². The molecule has 0 saturated heterocycles. The number of carbonyl (C=O) groups excluding carboxylic acids is 1. The monoisotopic (exact) mass is 231 g/mol. The molecule has 1 amide bonds. The minimum atomic E-state index is -0.0780. The maximum Gasteiger partial charge on any atom is 0.246 e. The molecule has 0 aromatic rings. The number of rotatable bonds is 8. The minimum absolute atomic E-state index is 0.0240. The summed E-state index contributed by atoms with van der Waals surface area (Å²) in [5.41, 5.74) is 0.0240. The Kier molecular flexibility index (Phi) is 7.34. The summed E-state index contributed by atoms with van der Waals surface area (Å²) in [5, 5.41) is 11.6. The highest BCUT2D eigenvalue weighted by molar-refractivity contribution is 5.77. The van der Waals surface area contributed by atoms with E-state index in [2.05, 4.69) is 19.2 Å². The largest absolute Gasteiger partial charge is 0.396 e. The standard InChI is InChI=1S/C12H25NO3/c1-10(2)16-8-11(15)13-9-12(3,4)6-5-7-14/h10,14H,5-9H2,1-4H3,(H,13,15). The summed E-state index contributed by atoms with van der Waals surface area (Å²) in [7, 11) is 0. The Morgan fingerprint density at radius 3 is 2.56 bits per heavy atom. The Balaban J connectivity index is 3.72. The van der Waals surface area contributed by atoms with E-state index in [-0.39, 0.29) is 30.6 Å². The first-order chi connectivity index (χ1) is 7.37. The topological polar surface area (TPSA) is 58.6 Å². The number of hydrogen-bond acceptors (Lipinski definition) is 3. The summed E-state index contributed by atoms with van der Waals surface area (Å²) in [6, 6.07) is 0. The first-order valence-corrected chi connectivity index (χ1v) is 5.86. The zero-order chi connectivity index (χ0) is 12.6. The van der Waals surface area contributed by atoms with Crippen LogP contribution >= 0.6 is 0 Å². The summed E-state index contributed by atoms with van der Waals surface area (Å²) < 4.78 is 5.20. The van der Waals surface area contributed by atoms with Crippen LogP contribution in [0.1, 0.15) is 40.5 Å². The summed E-state index contributed by atoms with van der Waals surface area (Å²) in [5.74, 6) is -0.0780. The molecule has 96 valence electrons. The molecule has 0 aliphatic carbocycles. The van der Waals surface area contributed by atoms with Crippen molar-refractivity contribution in [1.29, 1.82) is 0 Å². The fourth-order valence-electron chi connectivity index (χ4n) is 1.28. The lowest BCUT2D eigenvalue weighted by Gasteiger charge is -2.24. The predicted octanol–water partition coefficient (Wildman–Crippen LogP) is 1.33. The van der Waals surface area contributed by atoms with Gasteiger partial charge in [0.15, 0.2) is 0 Å². The van der Waals surface area contributed by atoms with Gasteiger partial charge in [0.05, 0.1) is 6.10 Å². The molecule has 0 rings (SSSR count). The van der Waals surface area contributed by atoms with Crippen LogP contribution in [0.4, 0.5) is 0 Å². The third-order valence-electron chi connectivity index (χ3n) is 2.32. The first kappa shape index (κ1) is 15.4. The summed E-state index contributed by atoms with van der Waals surface area (Å²) >= 11 is 0. The molecule has 4 nitrogen and oxygen atoms in total. The van der Waals surface area contributed by atoms with Crippen LogP contribution in [0.5, 0.6) is 0 Å². The summed E-state index contributed by atoms with van der Waals surface area (Å²) in [4.78, 5) is 11.4. The van der Waals surface area contributed by atoms with E-state index < -0.39 is 0 Å². The van der Waals surface area contributed by atoms with Crippen molar-refractivity contribution in [3.63, 3.8) is 0 Å². The molecule has 0 atom stereocenters. The first-order valence-electron chi connectivity index (χ1n) is 5.86. The smallest absolute Gasteiger partial charge is 0.246 e. The lowest BCUT2D eigenvalue weighted by molar-refractivity contribution is -0.127. The van der Waals surface area contributed by atoms with E-state index in [0.717, 1.165) is 12.8 Å². The van der Waals surface area contributed by atoms with Crippen LogP contribution in [0.15, 0.2) is 0 Å². The van der Waals surface area contributed by atoms with E-state index in [1.165, 1.54) is 0 Å². The number of aliphatic hydroxyl groups is 1. The molecular formula is C12H25NO3. The van der Waals surface area contributed by atoms with Crippen molar-refractivity contribution in [1.82, 2.24) is 5.32 Å². The Labute approximate surface area is 98.4 Å². The molecule has 0 aliphatic rings. The maximum atomic E-state index is 11.4. The zero-order valence-corrected chi connectivity index (χ0v) is 10.9. The van der Waals surface area contributed by atoms with Gasteiger partial charge in [-0.25, -0.2) is 0 Å². The SMILES string of the molecule is CC(C)OCC(=O)NCC(C)(C)CCCO. The number of aliphatic hydroxyl groups excluding tert-OH is 1. The molecular weight excluding hydrogens is 206 g/mol. The average molecular weight is 231 g/mol. The molecule has 0 fully saturated rings. The third-order valence-corrected chi connectivity index (χ3v) is 2.32. The van der Waals surface area contributed by atoms with E-state index in [1.54, 1.807) is 0 Å². The quantitative estimate of drug-likeness (QED) is 0.662. The van der Waals surface area contributed by atoms with Crippen molar-refractivity contribution < 1.29 is 14.6 Å². The number of carbonyl (C=O) groups is 1. The van der Waals surface area contributed by atoms with Crippen molar-refractivity contribution in [2.24, 2.45) is 5.41 Å². The lowest BCUT2D eigenvalue weighted by Crippen LogP contribution is -2.36. The second-order valence-corrected chi connectivity index (χ2v) is 5.13. The molecule has 0 aromatic carbocycles. The van der Waals surface area contributed by atoms with Crippen molar-refractivity contribution in [2.45, 2.75) is 46.6 Å². The van der Waals surface area contributed by atoms with Gasteiger partial charge in [-0.05, 0) is 32.1 Å². The van der Waals surface area contributed by atoms with Crippen molar-refractivity contribution >= 4 is 5.91 Å². The summed E-state index contributed by atoms with van der Waals surface area (Å²) in [6.45, 7) is 8.89. The van der Waals surface area contributed by atoms with Gasteiger partial charge in [0.1, 0.15) is 6.61 Å². The Morgan fingerprint density at radius 1 is 1.44 bits per heavy atom. The molecule has 16 heavy (non-hydrogen) atoms. The molecule has 0 radical (unpaired) electrons. The Morgan fingerprint density at radius 2 is 2.06 bits per heavy atom. The van der Waals surface area contributed by atoms with Crippen LogP contribution in [-0.4, -0.2) is 36.9 Å². The highest BCUT2D eigenvalue weighted by atomic mass is 16.5. The lowest BCUT2D eigenvalue weighted by atomic mass is 9.88. The van der Waals surface area contributed by atoms with Crippen molar-refractivity contribution in [3.05, 3.63) is 0 Å². The van der Waals surface area contributed by atoms with E-state index in [4.69, 9.17) is 9.84 Å². The molecule has 4 heteroatoms. The van der Waals surface area contributed by atoms with Gasteiger partial charge in [-0.1, -0.05) is 13.8 Å². The van der Waals surface area contributed by atoms with Gasteiger partial charge in [-0.3, -0.25) is 4.79 Å². The maximum absolute atomic E-state index is 11.4. The molecule has 0 bridgehead atoms. The number of nitrogens with one attached hydrogen (secondary N) is 1. The van der Waals surface area contributed by atoms with Gasteiger partial charge >= 0.3 is 0 Å². The molecule has 0 heterocycles. The fraction of sp³-hybridized carbons (Fsp3) is 0.917. The van der Waals surface area contributed by atoms with Crippen LogP contribution in [0, 0.1) is 5.41 Å². The van der Waals surface area contributed by atoms with Crippen molar-refractivity contribution in [2.75, 3.05) is 19.8 Å². The van der Waals surface area contributed by atoms with Gasteiger partial charge in [-0.15, -0.1) is 0 Å². The van der Waals surface area contributed by atoms with E-state index in [9.17, 15) is 4.79 Å². The number of hydrogen-bond donors (Lipinski definition) is 2. The summed E-state index contributed by atoms with van der Waals surface area (Å²) in [6.07, 6.45) is 1.74. The van der Waals surface area contributed by atoms with Gasteiger partial charge < -0.3 is 15.2 Å².